The maximum Gasteiger partial charge on any atom is 0.232 e. The second kappa shape index (κ2) is 7.43. The summed E-state index contributed by atoms with van der Waals surface area (Å²) in [4.78, 5) is 24.6. The Bertz CT molecular complexity index is 872. The lowest BCUT2D eigenvalue weighted by molar-refractivity contribution is -0.123. The molecule has 0 spiro atoms. The van der Waals surface area contributed by atoms with Gasteiger partial charge in [-0.3, -0.25) is 9.59 Å². The summed E-state index contributed by atoms with van der Waals surface area (Å²) in [5.41, 5.74) is 3.13. The summed E-state index contributed by atoms with van der Waals surface area (Å²) < 4.78 is 14.7. The van der Waals surface area contributed by atoms with E-state index >= 15 is 0 Å². The summed E-state index contributed by atoms with van der Waals surface area (Å²) in [6.45, 7) is 1.36. The first-order chi connectivity index (χ1) is 12.1. The van der Waals surface area contributed by atoms with E-state index in [9.17, 15) is 14.0 Å². The van der Waals surface area contributed by atoms with Crippen LogP contribution >= 0.6 is 12.4 Å². The lowest BCUT2D eigenvalue weighted by Gasteiger charge is -2.25. The number of carbonyl (C=O) groups is 2. The van der Waals surface area contributed by atoms with E-state index in [1.54, 1.807) is 18.2 Å². The summed E-state index contributed by atoms with van der Waals surface area (Å²) in [7, 11) is 0. The van der Waals surface area contributed by atoms with Gasteiger partial charge in [0.05, 0.1) is 11.6 Å². The van der Waals surface area contributed by atoms with E-state index in [0.29, 0.717) is 24.2 Å². The highest BCUT2D eigenvalue weighted by Gasteiger charge is 2.31. The minimum absolute atomic E-state index is 0. The number of hydrogen-bond donors (Lipinski definition) is 3. The van der Waals surface area contributed by atoms with Crippen molar-refractivity contribution >= 4 is 35.6 Å². The zero-order valence-electron chi connectivity index (χ0n) is 14.0. The summed E-state index contributed by atoms with van der Waals surface area (Å²) >= 11 is 0. The van der Waals surface area contributed by atoms with Crippen molar-refractivity contribution in [2.75, 3.05) is 17.2 Å². The van der Waals surface area contributed by atoms with Gasteiger partial charge in [-0.25, -0.2) is 4.39 Å². The lowest BCUT2D eigenvalue weighted by Crippen LogP contribution is -2.31. The van der Waals surface area contributed by atoms with Crippen molar-refractivity contribution in [3.63, 3.8) is 0 Å². The highest BCUT2D eigenvalue weighted by molar-refractivity contribution is 6.05. The number of rotatable bonds is 2. The first-order valence-electron chi connectivity index (χ1n) is 8.34. The Hall–Kier alpha value is -2.44. The van der Waals surface area contributed by atoms with E-state index in [2.05, 4.69) is 16.0 Å². The molecule has 1 unspecified atom stereocenters. The fourth-order valence-electron chi connectivity index (χ4n) is 3.50. The fourth-order valence-corrected chi connectivity index (χ4v) is 3.50. The van der Waals surface area contributed by atoms with E-state index in [1.165, 1.54) is 0 Å². The number of anilines is 2. The zero-order valence-corrected chi connectivity index (χ0v) is 14.8. The van der Waals surface area contributed by atoms with Crippen molar-refractivity contribution < 1.29 is 14.0 Å². The van der Waals surface area contributed by atoms with E-state index < -0.39 is 5.92 Å². The largest absolute Gasteiger partial charge is 0.326 e. The van der Waals surface area contributed by atoms with Gasteiger partial charge >= 0.3 is 0 Å². The van der Waals surface area contributed by atoms with Crippen LogP contribution in [0.15, 0.2) is 36.4 Å². The van der Waals surface area contributed by atoms with Crippen molar-refractivity contribution in [3.05, 3.63) is 58.9 Å². The van der Waals surface area contributed by atoms with Gasteiger partial charge in [0.1, 0.15) is 5.82 Å². The molecule has 2 aromatic rings. The van der Waals surface area contributed by atoms with Crippen molar-refractivity contribution in [1.82, 2.24) is 5.32 Å². The third-order valence-corrected chi connectivity index (χ3v) is 4.78. The van der Waals surface area contributed by atoms with Crippen molar-refractivity contribution in [1.29, 1.82) is 0 Å². The number of carbonyl (C=O) groups excluding carboxylic acids is 2. The Balaban J connectivity index is 0.00000196. The molecule has 0 aromatic heterocycles. The number of amides is 2. The molecule has 0 fully saturated rings. The normalized spacial score (nSPS) is 18.0. The Labute approximate surface area is 156 Å². The van der Waals surface area contributed by atoms with Crippen LogP contribution < -0.4 is 16.0 Å². The standard InChI is InChI=1S/C19H18FN3O2.ClH/c20-18-12-7-8-21-10-11(12)5-6-16(18)23-19(25)14-9-17(24)22-15-4-2-1-3-13(14)15;/h1-6,14,21H,7-10H2,(H,22,24)(H,23,25);1H. The Kier molecular flexibility index (Phi) is 5.25. The molecule has 1 atom stereocenters. The number of fused-ring (bicyclic) bond motifs is 2. The van der Waals surface area contributed by atoms with Crippen LogP contribution in [0.1, 0.15) is 29.0 Å². The summed E-state index contributed by atoms with van der Waals surface area (Å²) in [5.74, 6) is -1.58. The molecule has 136 valence electrons. The number of para-hydroxylation sites is 1. The van der Waals surface area contributed by atoms with E-state index in [4.69, 9.17) is 0 Å². The second-order valence-electron chi connectivity index (χ2n) is 6.37. The van der Waals surface area contributed by atoms with Gasteiger partial charge in [-0.15, -0.1) is 12.4 Å². The van der Waals surface area contributed by atoms with Gasteiger partial charge in [-0.05, 0) is 41.8 Å². The smallest absolute Gasteiger partial charge is 0.232 e. The molecule has 0 saturated heterocycles. The average Bonchev–Trinajstić information content (AvgIpc) is 2.63. The third-order valence-electron chi connectivity index (χ3n) is 4.78. The van der Waals surface area contributed by atoms with Crippen LogP contribution in [0.4, 0.5) is 15.8 Å². The molecule has 7 heteroatoms. The van der Waals surface area contributed by atoms with Gasteiger partial charge in [0, 0.05) is 18.7 Å². The van der Waals surface area contributed by atoms with Crippen LogP contribution in [0, 0.1) is 5.82 Å². The van der Waals surface area contributed by atoms with E-state index in [1.807, 2.05) is 18.2 Å². The molecule has 0 bridgehead atoms. The summed E-state index contributed by atoms with van der Waals surface area (Å²) in [5, 5.41) is 8.64. The van der Waals surface area contributed by atoms with Crippen molar-refractivity contribution in [2.45, 2.75) is 25.3 Å². The molecule has 2 heterocycles. The predicted molar refractivity (Wildman–Crippen MR) is 100 cm³/mol. The molecular formula is C19H19ClFN3O2. The predicted octanol–water partition coefficient (Wildman–Crippen LogP) is 2.96. The van der Waals surface area contributed by atoms with Gasteiger partial charge in [-0.1, -0.05) is 24.3 Å². The van der Waals surface area contributed by atoms with Gasteiger partial charge in [0.2, 0.25) is 11.8 Å². The van der Waals surface area contributed by atoms with Gasteiger partial charge in [0.15, 0.2) is 0 Å². The molecule has 2 aromatic carbocycles. The van der Waals surface area contributed by atoms with Gasteiger partial charge in [-0.2, -0.15) is 0 Å². The molecule has 26 heavy (non-hydrogen) atoms. The van der Waals surface area contributed by atoms with Crippen LogP contribution in [-0.4, -0.2) is 18.4 Å². The zero-order chi connectivity index (χ0) is 17.4. The molecule has 0 radical (unpaired) electrons. The van der Waals surface area contributed by atoms with Crippen LogP contribution in [0.3, 0.4) is 0 Å². The lowest BCUT2D eigenvalue weighted by atomic mass is 9.89. The maximum atomic E-state index is 14.7. The van der Waals surface area contributed by atoms with Crippen LogP contribution in [0.5, 0.6) is 0 Å². The number of benzene rings is 2. The maximum absolute atomic E-state index is 14.7. The number of nitrogens with one attached hydrogen (secondary N) is 3. The Morgan fingerprint density at radius 2 is 2.00 bits per heavy atom. The third kappa shape index (κ3) is 3.30. The monoisotopic (exact) mass is 375 g/mol. The van der Waals surface area contributed by atoms with Gasteiger partial charge in [0.25, 0.3) is 0 Å². The first kappa shape index (κ1) is 18.4. The number of halogens is 2. The van der Waals surface area contributed by atoms with Crippen LogP contribution in [0.25, 0.3) is 0 Å². The highest BCUT2D eigenvalue weighted by Crippen LogP contribution is 2.33. The Morgan fingerprint density at radius 1 is 1.19 bits per heavy atom. The molecular weight excluding hydrogens is 357 g/mol. The van der Waals surface area contributed by atoms with E-state index in [-0.39, 0.29) is 42.1 Å². The molecule has 0 aliphatic carbocycles. The quantitative estimate of drug-likeness (QED) is 0.755. The SMILES string of the molecule is Cl.O=C1CC(C(=O)Nc2ccc3c(c2F)CCNC3)c2ccccc2N1. The van der Waals surface area contributed by atoms with Crippen molar-refractivity contribution in [2.24, 2.45) is 0 Å². The van der Waals surface area contributed by atoms with Crippen LogP contribution in [0.2, 0.25) is 0 Å². The first-order valence-corrected chi connectivity index (χ1v) is 8.34. The number of hydrogen-bond acceptors (Lipinski definition) is 3. The molecule has 3 N–H and O–H groups in total. The van der Waals surface area contributed by atoms with Gasteiger partial charge < -0.3 is 16.0 Å². The molecule has 2 aliphatic heterocycles. The van der Waals surface area contributed by atoms with Crippen molar-refractivity contribution in [3.8, 4) is 0 Å². The van der Waals surface area contributed by atoms with E-state index in [0.717, 1.165) is 17.7 Å². The Morgan fingerprint density at radius 3 is 2.85 bits per heavy atom. The minimum Gasteiger partial charge on any atom is -0.326 e. The van der Waals surface area contributed by atoms with Crippen LogP contribution in [-0.2, 0) is 22.6 Å². The molecule has 0 saturated carbocycles. The molecule has 2 amide bonds. The summed E-state index contributed by atoms with van der Waals surface area (Å²) in [6.07, 6.45) is 0.652. The summed E-state index contributed by atoms with van der Waals surface area (Å²) in [6, 6.07) is 10.6. The minimum atomic E-state index is -0.623. The topological polar surface area (TPSA) is 70.2 Å². The molecule has 2 aliphatic rings. The average molecular weight is 376 g/mol. The molecule has 5 nitrogen and oxygen atoms in total. The molecule has 4 rings (SSSR count). The highest BCUT2D eigenvalue weighted by atomic mass is 35.5. The second-order valence-corrected chi connectivity index (χ2v) is 6.37. The fraction of sp³-hybridized carbons (Fsp3) is 0.263.